The predicted octanol–water partition coefficient (Wildman–Crippen LogP) is 3.41. The Balaban J connectivity index is 2.64. The zero-order valence-electron chi connectivity index (χ0n) is 12.0. The SMILES string of the molecule is N#CCCCCCCC(O)(C#N)C(C#N)c1ccccc1. The van der Waals surface area contributed by atoms with Crippen LogP contribution in [0, 0.1) is 34.0 Å². The summed E-state index contributed by atoms with van der Waals surface area (Å²) in [5.74, 6) is -0.845. The molecule has 0 spiro atoms. The van der Waals surface area contributed by atoms with Crippen molar-refractivity contribution in [2.24, 2.45) is 0 Å². The van der Waals surface area contributed by atoms with E-state index in [4.69, 9.17) is 5.26 Å². The molecule has 4 nitrogen and oxygen atoms in total. The summed E-state index contributed by atoms with van der Waals surface area (Å²) >= 11 is 0. The molecule has 0 fully saturated rings. The van der Waals surface area contributed by atoms with Crippen LogP contribution in [0.25, 0.3) is 0 Å². The number of benzene rings is 1. The summed E-state index contributed by atoms with van der Waals surface area (Å²) in [4.78, 5) is 0. The molecule has 1 aromatic carbocycles. The van der Waals surface area contributed by atoms with E-state index in [2.05, 4.69) is 12.1 Å². The van der Waals surface area contributed by atoms with Gasteiger partial charge in [-0.25, -0.2) is 0 Å². The number of hydrogen-bond donors (Lipinski definition) is 1. The number of rotatable bonds is 8. The lowest BCUT2D eigenvalue weighted by atomic mass is 9.80. The van der Waals surface area contributed by atoms with Gasteiger partial charge in [0.1, 0.15) is 5.92 Å². The van der Waals surface area contributed by atoms with Crippen molar-refractivity contribution in [2.75, 3.05) is 0 Å². The van der Waals surface area contributed by atoms with E-state index >= 15 is 0 Å². The first kappa shape index (κ1) is 16.7. The smallest absolute Gasteiger partial charge is 0.170 e. The van der Waals surface area contributed by atoms with Gasteiger partial charge >= 0.3 is 0 Å². The van der Waals surface area contributed by atoms with E-state index in [1.165, 1.54) is 0 Å². The van der Waals surface area contributed by atoms with Gasteiger partial charge in [-0.15, -0.1) is 0 Å². The Kier molecular flexibility index (Phi) is 6.96. The van der Waals surface area contributed by atoms with Crippen LogP contribution in [0.1, 0.15) is 50.0 Å². The molecule has 0 bridgehead atoms. The molecule has 0 aliphatic carbocycles. The van der Waals surface area contributed by atoms with Crippen LogP contribution >= 0.6 is 0 Å². The first-order chi connectivity index (χ1) is 10.2. The molecule has 0 amide bonds. The zero-order valence-corrected chi connectivity index (χ0v) is 12.0. The minimum absolute atomic E-state index is 0.267. The normalized spacial score (nSPS) is 14.2. The number of nitrogens with zero attached hydrogens (tertiary/aromatic N) is 3. The van der Waals surface area contributed by atoms with Gasteiger partial charge in [-0.2, -0.15) is 15.8 Å². The molecular weight excluding hydrogens is 262 g/mol. The molecule has 1 aromatic rings. The van der Waals surface area contributed by atoms with Crippen LogP contribution in [-0.2, 0) is 0 Å². The average Bonchev–Trinajstić information content (AvgIpc) is 2.52. The second-order valence-electron chi connectivity index (χ2n) is 5.08. The van der Waals surface area contributed by atoms with E-state index in [1.807, 2.05) is 12.1 Å². The number of aliphatic hydroxyl groups is 1. The van der Waals surface area contributed by atoms with E-state index in [0.29, 0.717) is 18.4 Å². The summed E-state index contributed by atoms with van der Waals surface area (Å²) in [7, 11) is 0. The predicted molar refractivity (Wildman–Crippen MR) is 78.7 cm³/mol. The maximum atomic E-state index is 10.5. The maximum Gasteiger partial charge on any atom is 0.170 e. The van der Waals surface area contributed by atoms with Gasteiger partial charge in [0.15, 0.2) is 5.60 Å². The summed E-state index contributed by atoms with van der Waals surface area (Å²) in [5.41, 5.74) is -1.00. The average molecular weight is 281 g/mol. The van der Waals surface area contributed by atoms with Crippen molar-refractivity contribution in [3.05, 3.63) is 35.9 Å². The van der Waals surface area contributed by atoms with Gasteiger partial charge in [-0.3, -0.25) is 0 Å². The largest absolute Gasteiger partial charge is 0.374 e. The van der Waals surface area contributed by atoms with Crippen molar-refractivity contribution in [2.45, 2.75) is 50.0 Å². The number of hydrogen-bond acceptors (Lipinski definition) is 4. The summed E-state index contributed by atoms with van der Waals surface area (Å²) < 4.78 is 0. The molecule has 0 radical (unpaired) electrons. The van der Waals surface area contributed by atoms with E-state index in [9.17, 15) is 15.6 Å². The standard InChI is InChI=1S/C17H19N3O/c18-12-8-3-1-2-7-11-17(21,14-20)16(13-19)15-9-5-4-6-10-15/h4-6,9-10,16,21H,1-3,7-8,11H2. The van der Waals surface area contributed by atoms with E-state index in [-0.39, 0.29) is 6.42 Å². The van der Waals surface area contributed by atoms with Crippen molar-refractivity contribution < 1.29 is 5.11 Å². The Morgan fingerprint density at radius 2 is 1.67 bits per heavy atom. The summed E-state index contributed by atoms with van der Waals surface area (Å²) in [6.45, 7) is 0. The molecule has 0 aromatic heterocycles. The lowest BCUT2D eigenvalue weighted by molar-refractivity contribution is 0.0735. The van der Waals surface area contributed by atoms with Gasteiger partial charge in [-0.1, -0.05) is 43.2 Å². The van der Waals surface area contributed by atoms with E-state index in [1.54, 1.807) is 24.3 Å². The molecule has 0 heterocycles. The molecule has 0 aliphatic rings. The molecule has 0 saturated heterocycles. The first-order valence-corrected chi connectivity index (χ1v) is 7.13. The Morgan fingerprint density at radius 1 is 1.00 bits per heavy atom. The van der Waals surface area contributed by atoms with Crippen LogP contribution in [0.15, 0.2) is 30.3 Å². The molecule has 4 heteroatoms. The van der Waals surface area contributed by atoms with Gasteiger partial charge in [0.2, 0.25) is 0 Å². The van der Waals surface area contributed by atoms with Crippen LogP contribution in [0.4, 0.5) is 0 Å². The fourth-order valence-corrected chi connectivity index (χ4v) is 2.32. The topological polar surface area (TPSA) is 91.6 Å². The first-order valence-electron chi connectivity index (χ1n) is 7.13. The summed E-state index contributed by atoms with van der Waals surface area (Å²) in [6.07, 6.45) is 4.05. The van der Waals surface area contributed by atoms with Gasteiger partial charge in [0.05, 0.1) is 18.2 Å². The second kappa shape index (κ2) is 8.75. The maximum absolute atomic E-state index is 10.5. The van der Waals surface area contributed by atoms with Gasteiger partial charge < -0.3 is 5.11 Å². The van der Waals surface area contributed by atoms with Crippen LogP contribution in [0.5, 0.6) is 0 Å². The lowest BCUT2D eigenvalue weighted by Gasteiger charge is -2.25. The fraction of sp³-hybridized carbons (Fsp3) is 0.471. The van der Waals surface area contributed by atoms with Crippen molar-refractivity contribution in [1.82, 2.24) is 0 Å². The zero-order chi connectivity index (χ0) is 15.6. The van der Waals surface area contributed by atoms with Crippen LogP contribution in [-0.4, -0.2) is 10.7 Å². The van der Waals surface area contributed by atoms with Gasteiger partial charge in [0.25, 0.3) is 0 Å². The van der Waals surface area contributed by atoms with Crippen LogP contribution in [0.3, 0.4) is 0 Å². The molecule has 0 aliphatic heterocycles. The minimum Gasteiger partial charge on any atom is -0.374 e. The van der Waals surface area contributed by atoms with Gasteiger partial charge in [0, 0.05) is 6.42 Å². The van der Waals surface area contributed by atoms with Crippen molar-refractivity contribution in [3.63, 3.8) is 0 Å². The molecule has 2 atom stereocenters. The molecule has 21 heavy (non-hydrogen) atoms. The fourth-order valence-electron chi connectivity index (χ4n) is 2.32. The van der Waals surface area contributed by atoms with Crippen LogP contribution < -0.4 is 0 Å². The highest BCUT2D eigenvalue weighted by molar-refractivity contribution is 5.32. The third-order valence-electron chi connectivity index (χ3n) is 3.53. The molecule has 0 saturated carbocycles. The quantitative estimate of drug-likeness (QED) is 0.583. The van der Waals surface area contributed by atoms with Gasteiger partial charge in [-0.05, 0) is 24.8 Å². The van der Waals surface area contributed by atoms with Crippen molar-refractivity contribution in [3.8, 4) is 18.2 Å². The van der Waals surface area contributed by atoms with E-state index in [0.717, 1.165) is 19.3 Å². The highest BCUT2D eigenvalue weighted by Crippen LogP contribution is 2.32. The Morgan fingerprint density at radius 3 is 2.24 bits per heavy atom. The Bertz CT molecular complexity index is 550. The molecule has 108 valence electrons. The monoisotopic (exact) mass is 281 g/mol. The number of nitriles is 3. The summed E-state index contributed by atoms with van der Waals surface area (Å²) in [5, 5.41) is 37.6. The molecular formula is C17H19N3O. The summed E-state index contributed by atoms with van der Waals surface area (Å²) in [6, 6.07) is 15.0. The third kappa shape index (κ3) is 4.92. The van der Waals surface area contributed by atoms with E-state index < -0.39 is 11.5 Å². The Hall–Kier alpha value is -2.35. The molecule has 1 N–H and O–H groups in total. The minimum atomic E-state index is -1.66. The highest BCUT2D eigenvalue weighted by Gasteiger charge is 2.37. The van der Waals surface area contributed by atoms with Crippen LogP contribution in [0.2, 0.25) is 0 Å². The molecule has 2 unspecified atom stereocenters. The van der Waals surface area contributed by atoms with Crippen molar-refractivity contribution in [1.29, 1.82) is 15.8 Å². The second-order valence-corrected chi connectivity index (χ2v) is 5.08. The third-order valence-corrected chi connectivity index (χ3v) is 3.53. The Labute approximate surface area is 125 Å². The van der Waals surface area contributed by atoms with Crippen molar-refractivity contribution >= 4 is 0 Å². The molecule has 1 rings (SSSR count). The highest BCUT2D eigenvalue weighted by atomic mass is 16.3. The lowest BCUT2D eigenvalue weighted by Crippen LogP contribution is -2.34. The number of unbranched alkanes of at least 4 members (excludes halogenated alkanes) is 4.